The van der Waals surface area contributed by atoms with Crippen molar-refractivity contribution in [1.29, 1.82) is 0 Å². The van der Waals surface area contributed by atoms with E-state index in [-0.39, 0.29) is 5.91 Å². The molecule has 0 aliphatic carbocycles. The molecule has 0 saturated heterocycles. The highest BCUT2D eigenvalue weighted by molar-refractivity contribution is 9.11. The van der Waals surface area contributed by atoms with Gasteiger partial charge in [0.1, 0.15) is 0 Å². The molecular weight excluding hydrogens is 372 g/mol. The van der Waals surface area contributed by atoms with E-state index in [1.54, 1.807) is 24.1 Å². The van der Waals surface area contributed by atoms with Crippen LogP contribution in [0, 0.1) is 0 Å². The molecule has 3 nitrogen and oxygen atoms in total. The summed E-state index contributed by atoms with van der Waals surface area (Å²) in [5, 5.41) is 0. The van der Waals surface area contributed by atoms with Gasteiger partial charge in [0.05, 0.1) is 16.9 Å². The lowest BCUT2D eigenvalue weighted by atomic mass is 10.2. The van der Waals surface area contributed by atoms with Gasteiger partial charge in [-0.15, -0.1) is 0 Å². The summed E-state index contributed by atoms with van der Waals surface area (Å²) in [4.78, 5) is 14.0. The first-order valence-electron chi connectivity index (χ1n) is 5.58. The maximum absolute atomic E-state index is 12.5. The van der Waals surface area contributed by atoms with Crippen molar-refractivity contribution < 1.29 is 4.79 Å². The molecule has 0 heterocycles. The SMILES string of the molecule is CN(C(=O)c1ccc(Br)cc1Br)c1ccccc1N. The second-order valence-electron chi connectivity index (χ2n) is 4.05. The van der Waals surface area contributed by atoms with Crippen molar-refractivity contribution in [2.24, 2.45) is 0 Å². The van der Waals surface area contributed by atoms with Crippen molar-refractivity contribution in [3.63, 3.8) is 0 Å². The number of carbonyl (C=O) groups excluding carboxylic acids is 1. The number of carbonyl (C=O) groups is 1. The molecule has 0 bridgehead atoms. The van der Waals surface area contributed by atoms with Gasteiger partial charge in [0.15, 0.2) is 0 Å². The zero-order chi connectivity index (χ0) is 14.0. The van der Waals surface area contributed by atoms with E-state index in [0.29, 0.717) is 16.9 Å². The first-order valence-corrected chi connectivity index (χ1v) is 7.17. The number of halogens is 2. The molecule has 0 radical (unpaired) electrons. The van der Waals surface area contributed by atoms with Crippen LogP contribution in [0.3, 0.4) is 0 Å². The molecule has 1 amide bonds. The van der Waals surface area contributed by atoms with Gasteiger partial charge in [-0.25, -0.2) is 0 Å². The fourth-order valence-electron chi connectivity index (χ4n) is 1.75. The van der Waals surface area contributed by atoms with Crippen molar-refractivity contribution in [2.45, 2.75) is 0 Å². The number of nitrogens with zero attached hydrogens (tertiary/aromatic N) is 1. The van der Waals surface area contributed by atoms with Crippen LogP contribution in [0.15, 0.2) is 51.4 Å². The minimum Gasteiger partial charge on any atom is -0.397 e. The predicted octanol–water partition coefficient (Wildman–Crippen LogP) is 4.07. The minimum atomic E-state index is -0.114. The predicted molar refractivity (Wildman–Crippen MR) is 85.4 cm³/mol. The maximum atomic E-state index is 12.5. The number of nitrogens with two attached hydrogens (primary N) is 1. The zero-order valence-electron chi connectivity index (χ0n) is 10.2. The Bertz CT molecular complexity index is 629. The number of hydrogen-bond donors (Lipinski definition) is 1. The number of benzene rings is 2. The number of hydrogen-bond acceptors (Lipinski definition) is 2. The molecule has 0 aliphatic heterocycles. The molecule has 0 aromatic heterocycles. The standard InChI is InChI=1S/C14H12Br2N2O/c1-18(13-5-3-2-4-12(13)17)14(19)10-7-6-9(15)8-11(10)16/h2-8H,17H2,1H3. The van der Waals surface area contributed by atoms with Gasteiger partial charge in [0.25, 0.3) is 5.91 Å². The number of para-hydroxylation sites is 2. The number of rotatable bonds is 2. The molecule has 0 aliphatic rings. The highest BCUT2D eigenvalue weighted by Gasteiger charge is 2.17. The van der Waals surface area contributed by atoms with Crippen LogP contribution in [-0.4, -0.2) is 13.0 Å². The van der Waals surface area contributed by atoms with Crippen LogP contribution in [0.4, 0.5) is 11.4 Å². The fourth-order valence-corrected chi connectivity index (χ4v) is 2.96. The van der Waals surface area contributed by atoms with Gasteiger partial charge in [-0.2, -0.15) is 0 Å². The smallest absolute Gasteiger partial charge is 0.259 e. The van der Waals surface area contributed by atoms with Crippen LogP contribution in [0.25, 0.3) is 0 Å². The molecule has 98 valence electrons. The third-order valence-electron chi connectivity index (χ3n) is 2.76. The molecule has 0 spiro atoms. The number of nitrogen functional groups attached to an aromatic ring is 1. The van der Waals surface area contributed by atoms with E-state index in [0.717, 1.165) is 8.95 Å². The quantitative estimate of drug-likeness (QED) is 0.794. The van der Waals surface area contributed by atoms with Crippen LogP contribution in [-0.2, 0) is 0 Å². The number of amides is 1. The third kappa shape index (κ3) is 2.98. The zero-order valence-corrected chi connectivity index (χ0v) is 13.4. The Kier molecular flexibility index (Phi) is 4.27. The topological polar surface area (TPSA) is 46.3 Å². The van der Waals surface area contributed by atoms with Crippen molar-refractivity contribution in [3.8, 4) is 0 Å². The average Bonchev–Trinajstić information content (AvgIpc) is 2.38. The summed E-state index contributed by atoms with van der Waals surface area (Å²) in [5.41, 5.74) is 7.75. The molecule has 2 aromatic carbocycles. The summed E-state index contributed by atoms with van der Waals surface area (Å²) in [5.74, 6) is -0.114. The molecule has 2 aromatic rings. The van der Waals surface area contributed by atoms with E-state index >= 15 is 0 Å². The van der Waals surface area contributed by atoms with Crippen LogP contribution >= 0.6 is 31.9 Å². The Balaban J connectivity index is 2.37. The van der Waals surface area contributed by atoms with Gasteiger partial charge >= 0.3 is 0 Å². The summed E-state index contributed by atoms with van der Waals surface area (Å²) < 4.78 is 1.66. The minimum absolute atomic E-state index is 0.114. The second kappa shape index (κ2) is 5.75. The second-order valence-corrected chi connectivity index (χ2v) is 5.82. The summed E-state index contributed by atoms with van der Waals surface area (Å²) in [6, 6.07) is 12.7. The molecule has 19 heavy (non-hydrogen) atoms. The lowest BCUT2D eigenvalue weighted by molar-refractivity contribution is 0.0992. The van der Waals surface area contributed by atoms with E-state index in [4.69, 9.17) is 5.73 Å². The Morgan fingerprint density at radius 2 is 1.84 bits per heavy atom. The van der Waals surface area contributed by atoms with Crippen LogP contribution in [0.5, 0.6) is 0 Å². The number of anilines is 2. The summed E-state index contributed by atoms with van der Waals surface area (Å²) in [6.45, 7) is 0. The molecule has 0 saturated carbocycles. The molecule has 2 rings (SSSR count). The molecule has 5 heteroatoms. The highest BCUT2D eigenvalue weighted by atomic mass is 79.9. The molecule has 0 fully saturated rings. The normalized spacial score (nSPS) is 10.3. The lowest BCUT2D eigenvalue weighted by Crippen LogP contribution is -2.27. The Morgan fingerprint density at radius 1 is 1.16 bits per heavy atom. The largest absolute Gasteiger partial charge is 0.397 e. The van der Waals surface area contributed by atoms with E-state index in [1.165, 1.54) is 0 Å². The van der Waals surface area contributed by atoms with Crippen molar-refractivity contribution in [3.05, 3.63) is 57.0 Å². The van der Waals surface area contributed by atoms with Gasteiger partial charge < -0.3 is 10.6 Å². The van der Waals surface area contributed by atoms with Gasteiger partial charge in [-0.1, -0.05) is 28.1 Å². The fraction of sp³-hybridized carbons (Fsp3) is 0.0714. The first-order chi connectivity index (χ1) is 9.00. The van der Waals surface area contributed by atoms with Gasteiger partial charge in [-0.05, 0) is 46.3 Å². The first kappa shape index (κ1) is 14.1. The van der Waals surface area contributed by atoms with Crippen molar-refractivity contribution >= 4 is 49.1 Å². The molecule has 0 atom stereocenters. The summed E-state index contributed by atoms with van der Waals surface area (Å²) >= 11 is 6.76. The van der Waals surface area contributed by atoms with Gasteiger partial charge in [-0.3, -0.25) is 4.79 Å². The van der Waals surface area contributed by atoms with E-state index in [1.807, 2.05) is 30.3 Å². The lowest BCUT2D eigenvalue weighted by Gasteiger charge is -2.19. The van der Waals surface area contributed by atoms with Crippen LogP contribution < -0.4 is 10.6 Å². The van der Waals surface area contributed by atoms with Gasteiger partial charge in [0.2, 0.25) is 0 Å². The van der Waals surface area contributed by atoms with E-state index in [2.05, 4.69) is 31.9 Å². The Labute approximate surface area is 128 Å². The van der Waals surface area contributed by atoms with E-state index in [9.17, 15) is 4.79 Å². The Morgan fingerprint density at radius 3 is 2.47 bits per heavy atom. The monoisotopic (exact) mass is 382 g/mol. The van der Waals surface area contributed by atoms with Crippen LogP contribution in [0.2, 0.25) is 0 Å². The average molecular weight is 384 g/mol. The Hall–Kier alpha value is -1.33. The summed E-state index contributed by atoms with van der Waals surface area (Å²) in [6.07, 6.45) is 0. The van der Waals surface area contributed by atoms with E-state index < -0.39 is 0 Å². The third-order valence-corrected chi connectivity index (χ3v) is 3.91. The maximum Gasteiger partial charge on any atom is 0.259 e. The molecule has 0 unspecified atom stereocenters. The molecule has 2 N–H and O–H groups in total. The van der Waals surface area contributed by atoms with Crippen molar-refractivity contribution in [2.75, 3.05) is 17.7 Å². The van der Waals surface area contributed by atoms with Gasteiger partial charge in [0, 0.05) is 16.0 Å². The molecular formula is C14H12Br2N2O. The van der Waals surface area contributed by atoms with Crippen LogP contribution in [0.1, 0.15) is 10.4 Å². The summed E-state index contributed by atoms with van der Waals surface area (Å²) in [7, 11) is 1.71. The highest BCUT2D eigenvalue weighted by Crippen LogP contribution is 2.27. The van der Waals surface area contributed by atoms with Crippen molar-refractivity contribution in [1.82, 2.24) is 0 Å².